The monoisotopic (exact) mass is 260 g/mol. The molecule has 0 bridgehead atoms. The Morgan fingerprint density at radius 1 is 1.44 bits per heavy atom. The van der Waals surface area contributed by atoms with Crippen LogP contribution in [0, 0.1) is 6.92 Å². The van der Waals surface area contributed by atoms with Crippen LogP contribution in [-0.4, -0.2) is 31.4 Å². The molecule has 0 atom stereocenters. The number of benzene rings is 1. The van der Waals surface area contributed by atoms with Gasteiger partial charge in [-0.05, 0) is 19.1 Å². The maximum Gasteiger partial charge on any atom is 0.329 e. The molecule has 100 valence electrons. The predicted molar refractivity (Wildman–Crippen MR) is 60.1 cm³/mol. The Bertz CT molecular complexity index is 432. The molecule has 6 heteroatoms. The first-order valence-electron chi connectivity index (χ1n) is 5.19. The summed E-state index contributed by atoms with van der Waals surface area (Å²) in [6.07, 6.45) is 0. The quantitative estimate of drug-likeness (QED) is 0.851. The number of alkyl halides is 2. The molecule has 0 aromatic heterocycles. The molecule has 0 aliphatic rings. The summed E-state index contributed by atoms with van der Waals surface area (Å²) in [5.74, 6) is -4.54. The highest BCUT2D eigenvalue weighted by atomic mass is 19.3. The van der Waals surface area contributed by atoms with Crippen molar-refractivity contribution in [3.8, 4) is 5.75 Å². The largest absolute Gasteiger partial charge is 0.496 e. The molecular formula is C12H14F2O4. The number of rotatable bonds is 6. The lowest BCUT2D eigenvalue weighted by Gasteiger charge is -2.19. The lowest BCUT2D eigenvalue weighted by atomic mass is 10.0. The number of ether oxygens (including phenoxy) is 2. The van der Waals surface area contributed by atoms with E-state index in [4.69, 9.17) is 9.84 Å². The van der Waals surface area contributed by atoms with E-state index in [1.807, 2.05) is 0 Å². The highest BCUT2D eigenvalue weighted by Gasteiger charge is 2.35. The van der Waals surface area contributed by atoms with Gasteiger partial charge in [-0.2, -0.15) is 8.78 Å². The Balaban J connectivity index is 2.88. The highest BCUT2D eigenvalue weighted by Crippen LogP contribution is 2.35. The lowest BCUT2D eigenvalue weighted by Crippen LogP contribution is -2.24. The molecule has 0 heterocycles. The van der Waals surface area contributed by atoms with Crippen LogP contribution in [0.2, 0.25) is 0 Å². The maximum absolute atomic E-state index is 13.8. The molecule has 0 aliphatic carbocycles. The number of carbonyl (C=O) groups is 1. The van der Waals surface area contributed by atoms with Crippen molar-refractivity contribution in [3.05, 3.63) is 29.3 Å². The summed E-state index contributed by atoms with van der Waals surface area (Å²) in [6, 6.07) is 4.38. The van der Waals surface area contributed by atoms with Gasteiger partial charge in [0.2, 0.25) is 0 Å². The smallest absolute Gasteiger partial charge is 0.329 e. The molecule has 0 amide bonds. The summed E-state index contributed by atoms with van der Waals surface area (Å²) in [4.78, 5) is 10.2. The van der Waals surface area contributed by atoms with Gasteiger partial charge < -0.3 is 14.6 Å². The van der Waals surface area contributed by atoms with E-state index in [-0.39, 0.29) is 11.3 Å². The third kappa shape index (κ3) is 3.66. The Morgan fingerprint density at radius 3 is 2.67 bits per heavy atom. The molecule has 0 fully saturated rings. The summed E-state index contributed by atoms with van der Waals surface area (Å²) >= 11 is 0. The first kappa shape index (κ1) is 14.4. The van der Waals surface area contributed by atoms with E-state index in [1.54, 1.807) is 13.0 Å². The standard InChI is InChI=1S/C12H14F2O4/c1-8-3-4-10(17-2)9(5-8)12(13,14)7-18-6-11(15)16/h3-5H,6-7H2,1-2H3,(H,15,16). The molecule has 0 spiro atoms. The third-order valence-electron chi connectivity index (χ3n) is 2.26. The first-order chi connectivity index (χ1) is 8.36. The number of carboxylic acids is 1. The predicted octanol–water partition coefficient (Wildman–Crippen LogP) is 2.20. The molecule has 1 aromatic carbocycles. The summed E-state index contributed by atoms with van der Waals surface area (Å²) in [5.41, 5.74) is 0.346. The number of halogens is 2. The van der Waals surface area contributed by atoms with Crippen LogP contribution < -0.4 is 4.74 Å². The van der Waals surface area contributed by atoms with Crippen molar-refractivity contribution in [1.29, 1.82) is 0 Å². The number of methoxy groups -OCH3 is 1. The van der Waals surface area contributed by atoms with Crippen molar-refractivity contribution in [2.75, 3.05) is 20.3 Å². The molecule has 4 nitrogen and oxygen atoms in total. The van der Waals surface area contributed by atoms with Crippen molar-refractivity contribution < 1.29 is 28.2 Å². The van der Waals surface area contributed by atoms with Crippen molar-refractivity contribution in [2.24, 2.45) is 0 Å². The number of aliphatic carboxylic acids is 1. The van der Waals surface area contributed by atoms with Crippen molar-refractivity contribution >= 4 is 5.97 Å². The number of aryl methyl sites for hydroxylation is 1. The number of hydrogen-bond acceptors (Lipinski definition) is 3. The average molecular weight is 260 g/mol. The van der Waals surface area contributed by atoms with Gasteiger partial charge in [0.1, 0.15) is 19.0 Å². The van der Waals surface area contributed by atoms with E-state index < -0.39 is 25.1 Å². The van der Waals surface area contributed by atoms with Crippen LogP contribution in [0.1, 0.15) is 11.1 Å². The molecule has 0 saturated carbocycles. The maximum atomic E-state index is 13.8. The fraction of sp³-hybridized carbons (Fsp3) is 0.417. The second kappa shape index (κ2) is 5.77. The first-order valence-corrected chi connectivity index (χ1v) is 5.19. The molecule has 18 heavy (non-hydrogen) atoms. The van der Waals surface area contributed by atoms with Crippen LogP contribution >= 0.6 is 0 Å². The minimum absolute atomic E-state index is 0.0459. The summed E-state index contributed by atoms with van der Waals surface area (Å²) < 4.78 is 37.0. The van der Waals surface area contributed by atoms with Crippen LogP contribution in [0.4, 0.5) is 8.78 Å². The Kier molecular flexibility index (Phi) is 4.61. The van der Waals surface area contributed by atoms with Gasteiger partial charge in [-0.25, -0.2) is 4.79 Å². The van der Waals surface area contributed by atoms with E-state index in [0.717, 1.165) is 0 Å². The number of carboxylic acid groups (broad SMARTS) is 1. The van der Waals surface area contributed by atoms with Gasteiger partial charge in [0, 0.05) is 0 Å². The lowest BCUT2D eigenvalue weighted by molar-refractivity contribution is -0.147. The molecule has 0 unspecified atom stereocenters. The molecule has 0 aliphatic heterocycles. The Labute approximate surface area is 103 Å². The van der Waals surface area contributed by atoms with Gasteiger partial charge in [0.15, 0.2) is 0 Å². The van der Waals surface area contributed by atoms with Crippen LogP contribution in [0.15, 0.2) is 18.2 Å². The molecule has 1 N–H and O–H groups in total. The van der Waals surface area contributed by atoms with Crippen LogP contribution in [0.3, 0.4) is 0 Å². The minimum atomic E-state index is -3.30. The zero-order chi connectivity index (χ0) is 13.8. The van der Waals surface area contributed by atoms with E-state index >= 15 is 0 Å². The second-order valence-corrected chi connectivity index (χ2v) is 3.79. The molecule has 1 aromatic rings. The second-order valence-electron chi connectivity index (χ2n) is 3.79. The summed E-state index contributed by atoms with van der Waals surface area (Å²) in [5, 5.41) is 8.33. The zero-order valence-electron chi connectivity index (χ0n) is 10.1. The van der Waals surface area contributed by atoms with Crippen LogP contribution in [0.25, 0.3) is 0 Å². The summed E-state index contributed by atoms with van der Waals surface area (Å²) in [7, 11) is 1.29. The third-order valence-corrected chi connectivity index (χ3v) is 2.26. The fourth-order valence-electron chi connectivity index (χ4n) is 1.45. The van der Waals surface area contributed by atoms with Crippen molar-refractivity contribution in [3.63, 3.8) is 0 Å². The van der Waals surface area contributed by atoms with E-state index in [0.29, 0.717) is 5.56 Å². The summed E-state index contributed by atoms with van der Waals surface area (Å²) in [6.45, 7) is -0.0834. The fourth-order valence-corrected chi connectivity index (χ4v) is 1.45. The van der Waals surface area contributed by atoms with E-state index in [9.17, 15) is 13.6 Å². The molecule has 1 rings (SSSR count). The highest BCUT2D eigenvalue weighted by molar-refractivity contribution is 5.68. The van der Waals surface area contributed by atoms with E-state index in [1.165, 1.54) is 19.2 Å². The van der Waals surface area contributed by atoms with Crippen LogP contribution in [-0.2, 0) is 15.5 Å². The molecule has 0 saturated heterocycles. The van der Waals surface area contributed by atoms with Gasteiger partial charge in [-0.3, -0.25) is 0 Å². The van der Waals surface area contributed by atoms with E-state index in [2.05, 4.69) is 4.74 Å². The zero-order valence-corrected chi connectivity index (χ0v) is 10.1. The Hall–Kier alpha value is -1.69. The van der Waals surface area contributed by atoms with Gasteiger partial charge >= 0.3 is 5.97 Å². The van der Waals surface area contributed by atoms with Crippen LogP contribution in [0.5, 0.6) is 5.75 Å². The normalized spacial score (nSPS) is 11.3. The molecular weight excluding hydrogens is 246 g/mol. The molecule has 0 radical (unpaired) electrons. The minimum Gasteiger partial charge on any atom is -0.496 e. The SMILES string of the molecule is COc1ccc(C)cc1C(F)(F)COCC(=O)O. The van der Waals surface area contributed by atoms with Gasteiger partial charge in [-0.15, -0.1) is 0 Å². The topological polar surface area (TPSA) is 55.8 Å². The number of hydrogen-bond donors (Lipinski definition) is 1. The van der Waals surface area contributed by atoms with Crippen molar-refractivity contribution in [2.45, 2.75) is 12.8 Å². The van der Waals surface area contributed by atoms with Gasteiger partial charge in [0.25, 0.3) is 5.92 Å². The average Bonchev–Trinajstić information content (AvgIpc) is 2.28. The van der Waals surface area contributed by atoms with Gasteiger partial charge in [0.05, 0.1) is 12.7 Å². The Morgan fingerprint density at radius 2 is 2.11 bits per heavy atom. The van der Waals surface area contributed by atoms with Gasteiger partial charge in [-0.1, -0.05) is 11.6 Å². The van der Waals surface area contributed by atoms with Crippen molar-refractivity contribution in [1.82, 2.24) is 0 Å².